The summed E-state index contributed by atoms with van der Waals surface area (Å²) < 4.78 is 5.00. The molecule has 0 aliphatic rings. The SMILES string of the molecule is COc1ccc(CNc2cncc(C)c2)cc1O. The summed E-state index contributed by atoms with van der Waals surface area (Å²) in [5.74, 6) is 0.634. The molecule has 0 unspecified atom stereocenters. The molecule has 1 aromatic heterocycles. The van der Waals surface area contributed by atoms with Gasteiger partial charge in [0.1, 0.15) is 0 Å². The summed E-state index contributed by atoms with van der Waals surface area (Å²) in [5, 5.41) is 12.9. The van der Waals surface area contributed by atoms with Crippen LogP contribution >= 0.6 is 0 Å². The van der Waals surface area contributed by atoms with Gasteiger partial charge in [-0.3, -0.25) is 4.98 Å². The van der Waals surface area contributed by atoms with Crippen LogP contribution in [0.2, 0.25) is 0 Å². The average molecular weight is 244 g/mol. The number of benzene rings is 1. The van der Waals surface area contributed by atoms with Crippen LogP contribution in [-0.2, 0) is 6.54 Å². The molecule has 94 valence electrons. The number of rotatable bonds is 4. The lowest BCUT2D eigenvalue weighted by Crippen LogP contribution is -2.00. The van der Waals surface area contributed by atoms with Gasteiger partial charge in [-0.25, -0.2) is 0 Å². The molecule has 4 nitrogen and oxygen atoms in total. The van der Waals surface area contributed by atoms with Gasteiger partial charge in [-0.05, 0) is 36.2 Å². The Morgan fingerprint density at radius 2 is 2.11 bits per heavy atom. The normalized spacial score (nSPS) is 10.1. The fraction of sp³-hybridized carbons (Fsp3) is 0.214. The molecule has 0 saturated heterocycles. The van der Waals surface area contributed by atoms with Crippen LogP contribution in [0.5, 0.6) is 11.5 Å². The topological polar surface area (TPSA) is 54.4 Å². The maximum absolute atomic E-state index is 9.67. The Morgan fingerprint density at radius 1 is 1.28 bits per heavy atom. The van der Waals surface area contributed by atoms with Crippen molar-refractivity contribution in [2.45, 2.75) is 13.5 Å². The second-order valence-corrected chi connectivity index (χ2v) is 4.11. The highest BCUT2D eigenvalue weighted by Gasteiger charge is 2.02. The molecule has 2 rings (SSSR count). The first-order chi connectivity index (χ1) is 8.69. The van der Waals surface area contributed by atoms with E-state index in [1.807, 2.05) is 25.3 Å². The number of nitrogens with one attached hydrogen (secondary N) is 1. The van der Waals surface area contributed by atoms with Crippen molar-refractivity contribution in [3.8, 4) is 11.5 Å². The molecule has 0 radical (unpaired) electrons. The van der Waals surface area contributed by atoms with E-state index in [1.165, 1.54) is 7.11 Å². The molecule has 0 amide bonds. The van der Waals surface area contributed by atoms with Crippen molar-refractivity contribution in [2.75, 3.05) is 12.4 Å². The second kappa shape index (κ2) is 5.40. The Hall–Kier alpha value is -2.23. The largest absolute Gasteiger partial charge is 0.504 e. The number of hydrogen-bond donors (Lipinski definition) is 2. The standard InChI is InChI=1S/C14H16N2O2/c1-10-5-12(9-15-7-10)16-8-11-3-4-14(18-2)13(17)6-11/h3-7,9,16-17H,8H2,1-2H3. The van der Waals surface area contributed by atoms with Gasteiger partial charge in [0.2, 0.25) is 0 Å². The van der Waals surface area contributed by atoms with Crippen molar-refractivity contribution in [3.05, 3.63) is 47.8 Å². The van der Waals surface area contributed by atoms with Crippen LogP contribution in [0.1, 0.15) is 11.1 Å². The fourth-order valence-corrected chi connectivity index (χ4v) is 1.70. The van der Waals surface area contributed by atoms with E-state index in [-0.39, 0.29) is 5.75 Å². The zero-order valence-electron chi connectivity index (χ0n) is 10.5. The van der Waals surface area contributed by atoms with Gasteiger partial charge >= 0.3 is 0 Å². The molecule has 1 aromatic carbocycles. The van der Waals surface area contributed by atoms with E-state index in [4.69, 9.17) is 4.74 Å². The number of phenols is 1. The third kappa shape index (κ3) is 2.91. The molecule has 1 heterocycles. The van der Waals surface area contributed by atoms with Gasteiger partial charge in [0.25, 0.3) is 0 Å². The summed E-state index contributed by atoms with van der Waals surface area (Å²) >= 11 is 0. The van der Waals surface area contributed by atoms with E-state index in [0.717, 1.165) is 16.8 Å². The third-order valence-electron chi connectivity index (χ3n) is 2.61. The van der Waals surface area contributed by atoms with Crippen molar-refractivity contribution in [2.24, 2.45) is 0 Å². The van der Waals surface area contributed by atoms with Crippen LogP contribution in [0.15, 0.2) is 36.7 Å². The summed E-state index contributed by atoms with van der Waals surface area (Å²) in [6, 6.07) is 7.38. The minimum atomic E-state index is 0.152. The highest BCUT2D eigenvalue weighted by atomic mass is 16.5. The summed E-state index contributed by atoms with van der Waals surface area (Å²) in [6.07, 6.45) is 3.58. The van der Waals surface area contributed by atoms with E-state index in [1.54, 1.807) is 18.3 Å². The van der Waals surface area contributed by atoms with Crippen LogP contribution in [0.4, 0.5) is 5.69 Å². The van der Waals surface area contributed by atoms with Crippen LogP contribution in [0.3, 0.4) is 0 Å². The van der Waals surface area contributed by atoms with Gasteiger partial charge < -0.3 is 15.2 Å². The summed E-state index contributed by atoms with van der Waals surface area (Å²) in [4.78, 5) is 4.11. The Labute approximate surface area is 106 Å². The molecule has 0 saturated carbocycles. The maximum Gasteiger partial charge on any atom is 0.160 e. The number of nitrogens with zero attached hydrogens (tertiary/aromatic N) is 1. The molecular weight excluding hydrogens is 228 g/mol. The highest BCUT2D eigenvalue weighted by molar-refractivity contribution is 5.46. The minimum absolute atomic E-state index is 0.152. The van der Waals surface area contributed by atoms with Crippen molar-refractivity contribution < 1.29 is 9.84 Å². The van der Waals surface area contributed by atoms with Crippen LogP contribution in [0, 0.1) is 6.92 Å². The Balaban J connectivity index is 2.04. The molecule has 2 aromatic rings. The van der Waals surface area contributed by atoms with Crippen molar-refractivity contribution in [3.63, 3.8) is 0 Å². The Morgan fingerprint density at radius 3 is 2.78 bits per heavy atom. The zero-order valence-corrected chi connectivity index (χ0v) is 10.5. The molecule has 0 bridgehead atoms. The first kappa shape index (κ1) is 12.2. The lowest BCUT2D eigenvalue weighted by Gasteiger charge is -2.09. The first-order valence-corrected chi connectivity index (χ1v) is 5.70. The third-order valence-corrected chi connectivity index (χ3v) is 2.61. The van der Waals surface area contributed by atoms with Crippen molar-refractivity contribution >= 4 is 5.69 Å². The molecule has 2 N–H and O–H groups in total. The monoisotopic (exact) mass is 244 g/mol. The number of methoxy groups -OCH3 is 1. The summed E-state index contributed by atoms with van der Waals surface area (Å²) in [7, 11) is 1.53. The van der Waals surface area contributed by atoms with E-state index in [0.29, 0.717) is 12.3 Å². The number of pyridine rings is 1. The average Bonchev–Trinajstić information content (AvgIpc) is 2.37. The fourth-order valence-electron chi connectivity index (χ4n) is 1.70. The van der Waals surface area contributed by atoms with Gasteiger partial charge in [-0.1, -0.05) is 6.07 Å². The predicted octanol–water partition coefficient (Wildman–Crippen LogP) is 2.72. The van der Waals surface area contributed by atoms with Gasteiger partial charge in [-0.15, -0.1) is 0 Å². The van der Waals surface area contributed by atoms with Crippen molar-refractivity contribution in [1.82, 2.24) is 4.98 Å². The van der Waals surface area contributed by atoms with Crippen molar-refractivity contribution in [1.29, 1.82) is 0 Å². The summed E-state index contributed by atoms with van der Waals surface area (Å²) in [6.45, 7) is 2.63. The summed E-state index contributed by atoms with van der Waals surface area (Å²) in [5.41, 5.74) is 3.05. The molecule has 0 atom stereocenters. The molecular formula is C14H16N2O2. The smallest absolute Gasteiger partial charge is 0.160 e. The van der Waals surface area contributed by atoms with Crippen LogP contribution in [0.25, 0.3) is 0 Å². The maximum atomic E-state index is 9.67. The van der Waals surface area contributed by atoms with E-state index >= 15 is 0 Å². The number of phenolic OH excluding ortho intramolecular Hbond substituents is 1. The van der Waals surface area contributed by atoms with Gasteiger partial charge in [0, 0.05) is 18.9 Å². The number of hydrogen-bond acceptors (Lipinski definition) is 4. The number of aromatic nitrogens is 1. The number of anilines is 1. The van der Waals surface area contributed by atoms with Gasteiger partial charge in [-0.2, -0.15) is 0 Å². The number of ether oxygens (including phenoxy) is 1. The molecule has 0 aliphatic carbocycles. The van der Waals surface area contributed by atoms with Crippen LogP contribution in [-0.4, -0.2) is 17.2 Å². The zero-order chi connectivity index (χ0) is 13.0. The van der Waals surface area contributed by atoms with E-state index in [9.17, 15) is 5.11 Å². The van der Waals surface area contributed by atoms with E-state index in [2.05, 4.69) is 10.3 Å². The molecule has 18 heavy (non-hydrogen) atoms. The number of aryl methyl sites for hydroxylation is 1. The lowest BCUT2D eigenvalue weighted by molar-refractivity contribution is 0.373. The molecule has 0 spiro atoms. The first-order valence-electron chi connectivity index (χ1n) is 5.70. The highest BCUT2D eigenvalue weighted by Crippen LogP contribution is 2.26. The Bertz CT molecular complexity index is 541. The minimum Gasteiger partial charge on any atom is -0.504 e. The van der Waals surface area contributed by atoms with E-state index < -0.39 is 0 Å². The lowest BCUT2D eigenvalue weighted by atomic mass is 10.2. The van der Waals surface area contributed by atoms with Gasteiger partial charge in [0.05, 0.1) is 12.8 Å². The quantitative estimate of drug-likeness (QED) is 0.868. The predicted molar refractivity (Wildman–Crippen MR) is 71.0 cm³/mol. The van der Waals surface area contributed by atoms with Gasteiger partial charge in [0.15, 0.2) is 11.5 Å². The molecule has 0 aliphatic heterocycles. The molecule has 4 heteroatoms. The number of aromatic hydroxyl groups is 1. The molecule has 0 fully saturated rings. The Kier molecular flexibility index (Phi) is 3.67. The van der Waals surface area contributed by atoms with Crippen LogP contribution < -0.4 is 10.1 Å². The second-order valence-electron chi connectivity index (χ2n) is 4.11.